The van der Waals surface area contributed by atoms with Crippen LogP contribution in [0.1, 0.15) is 45.8 Å². The van der Waals surface area contributed by atoms with Crippen molar-refractivity contribution in [3.8, 4) is 5.75 Å². The van der Waals surface area contributed by atoms with Crippen LogP contribution in [0.3, 0.4) is 0 Å². The van der Waals surface area contributed by atoms with Gasteiger partial charge in [-0.05, 0) is 36.2 Å². The van der Waals surface area contributed by atoms with E-state index in [9.17, 15) is 24.3 Å². The Hall–Kier alpha value is -5.19. The third kappa shape index (κ3) is 5.74. The standard InChI is InChI=1S/C30H30N6O5/c1-2-21(19-9-4-3-5-10-19)32-24-25(28(39)34-27(24)38)33-22-13-8-11-20(26(22)37)29(40)35-15-17-36(18-16-35)30(41)23-12-6-7-14-31-23/h3-14,21,37H,2,15-18H2,1H3,(H3,32,33,34,38,39)/t21-/m1/s1. The number of hydrogen-bond donors (Lipinski definition) is 4. The van der Waals surface area contributed by atoms with E-state index in [0.29, 0.717) is 25.2 Å². The highest BCUT2D eigenvalue weighted by molar-refractivity contribution is 6.20. The number of phenols is 1. The third-order valence-corrected chi connectivity index (χ3v) is 7.12. The summed E-state index contributed by atoms with van der Waals surface area (Å²) in [5.74, 6) is -2.20. The molecule has 4 N–H and O–H groups in total. The normalized spacial score (nSPS) is 15.9. The Labute approximate surface area is 236 Å². The molecule has 2 aliphatic rings. The van der Waals surface area contributed by atoms with E-state index in [-0.39, 0.29) is 53.4 Å². The Balaban J connectivity index is 1.31. The minimum Gasteiger partial charge on any atom is -0.505 e. The van der Waals surface area contributed by atoms with Crippen molar-refractivity contribution in [2.75, 3.05) is 31.5 Å². The van der Waals surface area contributed by atoms with Crippen LogP contribution in [0.2, 0.25) is 0 Å². The van der Waals surface area contributed by atoms with Gasteiger partial charge in [0.15, 0.2) is 5.75 Å². The first kappa shape index (κ1) is 27.4. The molecule has 11 heteroatoms. The number of amides is 4. The molecule has 0 spiro atoms. The Morgan fingerprint density at radius 1 is 0.878 bits per heavy atom. The maximum absolute atomic E-state index is 13.3. The Morgan fingerprint density at radius 2 is 1.54 bits per heavy atom. The molecule has 3 aromatic rings. The van der Waals surface area contributed by atoms with Gasteiger partial charge in [-0.2, -0.15) is 0 Å². The predicted molar refractivity (Wildman–Crippen MR) is 151 cm³/mol. The van der Waals surface area contributed by atoms with Crippen LogP contribution in [0.25, 0.3) is 0 Å². The van der Waals surface area contributed by atoms with Gasteiger partial charge in [-0.3, -0.25) is 29.5 Å². The third-order valence-electron chi connectivity index (χ3n) is 7.12. The number of aromatic hydroxyl groups is 1. The molecule has 3 heterocycles. The molecule has 1 aromatic heterocycles. The first-order valence-electron chi connectivity index (χ1n) is 13.4. The molecule has 1 atom stereocenters. The predicted octanol–water partition coefficient (Wildman–Crippen LogP) is 2.41. The highest BCUT2D eigenvalue weighted by Gasteiger charge is 2.33. The van der Waals surface area contributed by atoms with Gasteiger partial charge >= 0.3 is 0 Å². The van der Waals surface area contributed by atoms with Crippen molar-refractivity contribution in [3.05, 3.63) is 101 Å². The topological polar surface area (TPSA) is 144 Å². The Morgan fingerprint density at radius 3 is 2.20 bits per heavy atom. The van der Waals surface area contributed by atoms with E-state index >= 15 is 0 Å². The number of para-hydroxylation sites is 1. The molecule has 41 heavy (non-hydrogen) atoms. The van der Waals surface area contributed by atoms with Crippen molar-refractivity contribution < 1.29 is 24.3 Å². The van der Waals surface area contributed by atoms with E-state index in [4.69, 9.17) is 0 Å². The summed E-state index contributed by atoms with van der Waals surface area (Å²) in [5.41, 5.74) is 1.44. The minimum atomic E-state index is -0.648. The number of rotatable bonds is 8. The smallest absolute Gasteiger partial charge is 0.276 e. The van der Waals surface area contributed by atoms with E-state index < -0.39 is 17.7 Å². The maximum atomic E-state index is 13.3. The number of carbonyl (C=O) groups excluding carboxylic acids is 4. The van der Waals surface area contributed by atoms with Gasteiger partial charge in [0.05, 0.1) is 17.3 Å². The number of aromatic nitrogens is 1. The van der Waals surface area contributed by atoms with Gasteiger partial charge in [-0.15, -0.1) is 0 Å². The minimum absolute atomic E-state index is 0.0371. The summed E-state index contributed by atoms with van der Waals surface area (Å²) >= 11 is 0. The van der Waals surface area contributed by atoms with E-state index in [1.807, 2.05) is 37.3 Å². The Kier molecular flexibility index (Phi) is 7.95. The molecule has 4 amide bonds. The zero-order valence-electron chi connectivity index (χ0n) is 22.5. The first-order chi connectivity index (χ1) is 19.9. The van der Waals surface area contributed by atoms with Crippen LogP contribution in [0.15, 0.2) is 84.3 Å². The highest BCUT2D eigenvalue weighted by Crippen LogP contribution is 2.31. The number of pyridine rings is 1. The van der Waals surface area contributed by atoms with Crippen molar-refractivity contribution in [1.82, 2.24) is 25.4 Å². The van der Waals surface area contributed by atoms with Gasteiger partial charge < -0.3 is 25.5 Å². The van der Waals surface area contributed by atoms with Crippen molar-refractivity contribution >= 4 is 29.3 Å². The first-order valence-corrected chi connectivity index (χ1v) is 13.4. The fourth-order valence-electron chi connectivity index (χ4n) is 4.88. The lowest BCUT2D eigenvalue weighted by molar-refractivity contribution is -0.124. The maximum Gasteiger partial charge on any atom is 0.276 e. The molecule has 0 saturated carbocycles. The lowest BCUT2D eigenvalue weighted by atomic mass is 10.0. The van der Waals surface area contributed by atoms with Crippen LogP contribution in [0.5, 0.6) is 5.75 Å². The lowest BCUT2D eigenvalue weighted by Crippen LogP contribution is -2.50. The van der Waals surface area contributed by atoms with Gasteiger partial charge in [0.1, 0.15) is 17.1 Å². The number of carbonyl (C=O) groups is 4. The molecule has 5 rings (SSSR count). The second-order valence-electron chi connectivity index (χ2n) is 9.68. The molecule has 2 aliphatic heterocycles. The molecule has 1 fully saturated rings. The largest absolute Gasteiger partial charge is 0.505 e. The summed E-state index contributed by atoms with van der Waals surface area (Å²) in [6.45, 7) is 3.17. The molecular formula is C30H30N6O5. The van der Waals surface area contributed by atoms with Crippen molar-refractivity contribution in [1.29, 1.82) is 0 Å². The van der Waals surface area contributed by atoms with Crippen molar-refractivity contribution in [2.45, 2.75) is 19.4 Å². The number of nitrogens with zero attached hydrogens (tertiary/aromatic N) is 3. The number of anilines is 1. The SMILES string of the molecule is CC[C@@H](NC1=C(Nc2cccc(C(=O)N3CCN(C(=O)c4ccccn4)CC3)c2O)C(=O)NC1=O)c1ccccc1. The van der Waals surface area contributed by atoms with Gasteiger partial charge in [0.2, 0.25) is 0 Å². The number of imide groups is 1. The summed E-state index contributed by atoms with van der Waals surface area (Å²) < 4.78 is 0. The quantitative estimate of drug-likeness (QED) is 0.246. The average molecular weight is 555 g/mol. The van der Waals surface area contributed by atoms with Crippen LogP contribution >= 0.6 is 0 Å². The summed E-state index contributed by atoms with van der Waals surface area (Å²) in [6, 6.07) is 19.0. The summed E-state index contributed by atoms with van der Waals surface area (Å²) in [6.07, 6.45) is 2.21. The number of benzene rings is 2. The van der Waals surface area contributed by atoms with Gasteiger partial charge in [0.25, 0.3) is 23.6 Å². The molecule has 0 aliphatic carbocycles. The number of phenolic OH excluding ortho intramolecular Hbond substituents is 1. The lowest BCUT2D eigenvalue weighted by Gasteiger charge is -2.34. The number of piperazine rings is 1. The fourth-order valence-corrected chi connectivity index (χ4v) is 4.88. The summed E-state index contributed by atoms with van der Waals surface area (Å²) in [4.78, 5) is 58.7. The molecule has 1 saturated heterocycles. The summed E-state index contributed by atoms with van der Waals surface area (Å²) in [7, 11) is 0. The van der Waals surface area contributed by atoms with Gasteiger partial charge in [-0.25, -0.2) is 0 Å². The van der Waals surface area contributed by atoms with E-state index in [2.05, 4.69) is 20.9 Å². The van der Waals surface area contributed by atoms with Gasteiger partial charge in [-0.1, -0.05) is 49.4 Å². The van der Waals surface area contributed by atoms with Gasteiger partial charge in [0, 0.05) is 32.4 Å². The number of nitrogens with one attached hydrogen (secondary N) is 3. The fraction of sp³-hybridized carbons (Fsp3) is 0.233. The zero-order valence-corrected chi connectivity index (χ0v) is 22.5. The molecule has 2 aromatic carbocycles. The number of hydrogen-bond acceptors (Lipinski definition) is 8. The second-order valence-corrected chi connectivity index (χ2v) is 9.68. The molecular weight excluding hydrogens is 524 g/mol. The van der Waals surface area contributed by atoms with E-state index in [1.54, 1.807) is 40.3 Å². The summed E-state index contributed by atoms with van der Waals surface area (Å²) in [5, 5.41) is 19.3. The van der Waals surface area contributed by atoms with E-state index in [0.717, 1.165) is 5.56 Å². The van der Waals surface area contributed by atoms with Crippen molar-refractivity contribution in [3.63, 3.8) is 0 Å². The van der Waals surface area contributed by atoms with Crippen LogP contribution < -0.4 is 16.0 Å². The average Bonchev–Trinajstić information content (AvgIpc) is 3.27. The van der Waals surface area contributed by atoms with Crippen LogP contribution in [-0.4, -0.2) is 69.7 Å². The zero-order chi connectivity index (χ0) is 28.9. The molecule has 210 valence electrons. The van der Waals surface area contributed by atoms with Crippen LogP contribution in [0, 0.1) is 0 Å². The molecule has 11 nitrogen and oxygen atoms in total. The van der Waals surface area contributed by atoms with Crippen LogP contribution in [0.4, 0.5) is 5.69 Å². The monoisotopic (exact) mass is 554 g/mol. The van der Waals surface area contributed by atoms with Crippen LogP contribution in [-0.2, 0) is 9.59 Å². The Bertz CT molecular complexity index is 1500. The van der Waals surface area contributed by atoms with Crippen molar-refractivity contribution in [2.24, 2.45) is 0 Å². The highest BCUT2D eigenvalue weighted by atomic mass is 16.3. The molecule has 0 radical (unpaired) electrons. The molecule has 0 bridgehead atoms. The molecule has 0 unspecified atom stereocenters. The van der Waals surface area contributed by atoms with E-state index in [1.165, 1.54) is 12.1 Å². The second kappa shape index (κ2) is 11.9.